The fourth-order valence-electron chi connectivity index (χ4n) is 1.42. The van der Waals surface area contributed by atoms with Crippen molar-refractivity contribution < 1.29 is 4.74 Å². The normalized spacial score (nSPS) is 10.4. The molecular weight excluding hydrogens is 184 g/mol. The lowest BCUT2D eigenvalue weighted by molar-refractivity contribution is 0.269. The van der Waals surface area contributed by atoms with E-state index in [0.29, 0.717) is 5.92 Å². The van der Waals surface area contributed by atoms with Crippen LogP contribution in [-0.4, -0.2) is 6.61 Å². The summed E-state index contributed by atoms with van der Waals surface area (Å²) in [5.41, 5.74) is 2.49. The van der Waals surface area contributed by atoms with Crippen LogP contribution in [0.2, 0.25) is 0 Å². The highest BCUT2D eigenvalue weighted by Crippen LogP contribution is 2.21. The van der Waals surface area contributed by atoms with E-state index in [2.05, 4.69) is 45.5 Å². The van der Waals surface area contributed by atoms with Crippen LogP contribution in [0.25, 0.3) is 0 Å². The summed E-state index contributed by atoms with van der Waals surface area (Å²) < 4.78 is 5.76. The van der Waals surface area contributed by atoms with Gasteiger partial charge in [0, 0.05) is 0 Å². The molecule has 0 aliphatic carbocycles. The van der Waals surface area contributed by atoms with E-state index in [1.165, 1.54) is 11.1 Å². The Morgan fingerprint density at radius 2 is 2.13 bits per heavy atom. The van der Waals surface area contributed by atoms with Gasteiger partial charge >= 0.3 is 0 Å². The number of benzene rings is 1. The molecule has 82 valence electrons. The Kier molecular flexibility index (Phi) is 4.41. The Bertz CT molecular complexity index is 326. The standard InChI is InChI=1S/C14H20O/c1-5-6-13-9-12(4)7-8-14(13)15-10-11(2)3/h5,7-9,11H,1,6,10H2,2-4H3. The second-order valence-corrected chi connectivity index (χ2v) is 4.31. The van der Waals surface area contributed by atoms with Gasteiger partial charge in [-0.15, -0.1) is 6.58 Å². The number of aryl methyl sites for hydroxylation is 1. The first-order valence-corrected chi connectivity index (χ1v) is 5.46. The van der Waals surface area contributed by atoms with E-state index in [9.17, 15) is 0 Å². The lowest BCUT2D eigenvalue weighted by atomic mass is 10.1. The predicted molar refractivity (Wildman–Crippen MR) is 65.4 cm³/mol. The van der Waals surface area contributed by atoms with Crippen molar-refractivity contribution in [1.29, 1.82) is 0 Å². The molecule has 1 nitrogen and oxygen atoms in total. The van der Waals surface area contributed by atoms with E-state index in [4.69, 9.17) is 4.74 Å². The van der Waals surface area contributed by atoms with Crippen molar-refractivity contribution in [2.24, 2.45) is 5.92 Å². The molecule has 0 atom stereocenters. The molecule has 0 aliphatic rings. The van der Waals surface area contributed by atoms with Gasteiger partial charge in [-0.3, -0.25) is 0 Å². The van der Waals surface area contributed by atoms with Crippen molar-refractivity contribution in [1.82, 2.24) is 0 Å². The molecule has 0 saturated carbocycles. The number of hydrogen-bond acceptors (Lipinski definition) is 1. The SMILES string of the molecule is C=CCc1cc(C)ccc1OCC(C)C. The summed E-state index contributed by atoms with van der Waals surface area (Å²) in [7, 11) is 0. The summed E-state index contributed by atoms with van der Waals surface area (Å²) in [4.78, 5) is 0. The van der Waals surface area contributed by atoms with Gasteiger partial charge in [-0.05, 0) is 30.9 Å². The Balaban J connectivity index is 2.80. The number of rotatable bonds is 5. The molecule has 0 saturated heterocycles. The van der Waals surface area contributed by atoms with E-state index in [1.54, 1.807) is 0 Å². The average Bonchev–Trinajstić information content (AvgIpc) is 2.17. The molecule has 1 aromatic carbocycles. The largest absolute Gasteiger partial charge is 0.493 e. The molecule has 0 spiro atoms. The number of ether oxygens (including phenoxy) is 1. The fourth-order valence-corrected chi connectivity index (χ4v) is 1.42. The molecule has 1 rings (SSSR count). The molecule has 0 heterocycles. The van der Waals surface area contributed by atoms with Crippen LogP contribution in [0.5, 0.6) is 5.75 Å². The van der Waals surface area contributed by atoms with E-state index < -0.39 is 0 Å². The Labute approximate surface area is 92.8 Å². The Morgan fingerprint density at radius 3 is 2.73 bits per heavy atom. The zero-order valence-corrected chi connectivity index (χ0v) is 9.92. The van der Waals surface area contributed by atoms with Gasteiger partial charge in [0.1, 0.15) is 5.75 Å². The smallest absolute Gasteiger partial charge is 0.122 e. The van der Waals surface area contributed by atoms with Gasteiger partial charge in [0.2, 0.25) is 0 Å². The van der Waals surface area contributed by atoms with Crippen molar-refractivity contribution in [3.63, 3.8) is 0 Å². The molecule has 0 fully saturated rings. The van der Waals surface area contributed by atoms with Gasteiger partial charge in [0.15, 0.2) is 0 Å². The van der Waals surface area contributed by atoms with Crippen LogP contribution in [0.4, 0.5) is 0 Å². The average molecular weight is 204 g/mol. The summed E-state index contributed by atoms with van der Waals surface area (Å²) >= 11 is 0. The number of hydrogen-bond donors (Lipinski definition) is 0. The third-order valence-corrected chi connectivity index (χ3v) is 2.15. The molecule has 0 radical (unpaired) electrons. The maximum Gasteiger partial charge on any atom is 0.122 e. The van der Waals surface area contributed by atoms with E-state index >= 15 is 0 Å². The van der Waals surface area contributed by atoms with Crippen LogP contribution in [-0.2, 0) is 6.42 Å². The van der Waals surface area contributed by atoms with Crippen LogP contribution in [0.15, 0.2) is 30.9 Å². The maximum absolute atomic E-state index is 5.76. The van der Waals surface area contributed by atoms with Crippen LogP contribution in [0, 0.1) is 12.8 Å². The fraction of sp³-hybridized carbons (Fsp3) is 0.429. The van der Waals surface area contributed by atoms with Crippen molar-refractivity contribution in [3.8, 4) is 5.75 Å². The summed E-state index contributed by atoms with van der Waals surface area (Å²) in [6.45, 7) is 10.9. The second-order valence-electron chi connectivity index (χ2n) is 4.31. The van der Waals surface area contributed by atoms with Crippen LogP contribution in [0.3, 0.4) is 0 Å². The predicted octanol–water partition coefficient (Wildman–Crippen LogP) is 3.76. The lowest BCUT2D eigenvalue weighted by Crippen LogP contribution is -2.06. The lowest BCUT2D eigenvalue weighted by Gasteiger charge is -2.12. The molecule has 0 amide bonds. The quantitative estimate of drug-likeness (QED) is 0.664. The summed E-state index contributed by atoms with van der Waals surface area (Å²) in [5.74, 6) is 1.55. The van der Waals surface area contributed by atoms with Gasteiger partial charge in [0.25, 0.3) is 0 Å². The zero-order chi connectivity index (χ0) is 11.3. The minimum absolute atomic E-state index is 0.558. The monoisotopic (exact) mass is 204 g/mol. The third kappa shape index (κ3) is 3.78. The second kappa shape index (κ2) is 5.59. The minimum atomic E-state index is 0.558. The van der Waals surface area contributed by atoms with Crippen molar-refractivity contribution in [3.05, 3.63) is 42.0 Å². The van der Waals surface area contributed by atoms with Crippen molar-refractivity contribution in [2.45, 2.75) is 27.2 Å². The van der Waals surface area contributed by atoms with Gasteiger partial charge in [0.05, 0.1) is 6.61 Å². The molecule has 0 unspecified atom stereocenters. The highest BCUT2D eigenvalue weighted by atomic mass is 16.5. The van der Waals surface area contributed by atoms with Crippen LogP contribution in [0.1, 0.15) is 25.0 Å². The summed E-state index contributed by atoms with van der Waals surface area (Å²) in [5, 5.41) is 0. The molecule has 0 bridgehead atoms. The summed E-state index contributed by atoms with van der Waals surface area (Å²) in [6, 6.07) is 6.30. The van der Waals surface area contributed by atoms with E-state index in [-0.39, 0.29) is 0 Å². The topological polar surface area (TPSA) is 9.23 Å². The van der Waals surface area contributed by atoms with Crippen LogP contribution >= 0.6 is 0 Å². The molecule has 0 N–H and O–H groups in total. The molecule has 15 heavy (non-hydrogen) atoms. The van der Waals surface area contributed by atoms with Gasteiger partial charge in [-0.2, -0.15) is 0 Å². The first-order valence-electron chi connectivity index (χ1n) is 5.46. The highest BCUT2D eigenvalue weighted by molar-refractivity contribution is 5.38. The maximum atomic E-state index is 5.76. The summed E-state index contributed by atoms with van der Waals surface area (Å²) in [6.07, 6.45) is 2.78. The van der Waals surface area contributed by atoms with Gasteiger partial charge < -0.3 is 4.74 Å². The van der Waals surface area contributed by atoms with Crippen LogP contribution < -0.4 is 4.74 Å². The van der Waals surface area contributed by atoms with Crippen molar-refractivity contribution in [2.75, 3.05) is 6.61 Å². The first-order chi connectivity index (χ1) is 7.13. The van der Waals surface area contributed by atoms with E-state index in [1.807, 2.05) is 6.08 Å². The van der Waals surface area contributed by atoms with Gasteiger partial charge in [-0.25, -0.2) is 0 Å². The van der Waals surface area contributed by atoms with Crippen molar-refractivity contribution >= 4 is 0 Å². The molecule has 0 aromatic heterocycles. The molecule has 0 aliphatic heterocycles. The van der Waals surface area contributed by atoms with E-state index in [0.717, 1.165) is 18.8 Å². The Hall–Kier alpha value is -1.24. The minimum Gasteiger partial charge on any atom is -0.493 e. The molecule has 1 heteroatoms. The molecular formula is C14H20O. The van der Waals surface area contributed by atoms with Gasteiger partial charge in [-0.1, -0.05) is 37.6 Å². The first kappa shape index (κ1) is 11.8. The zero-order valence-electron chi connectivity index (χ0n) is 9.92. The molecule has 1 aromatic rings. The Morgan fingerprint density at radius 1 is 1.40 bits per heavy atom. The number of allylic oxidation sites excluding steroid dienone is 1. The highest BCUT2D eigenvalue weighted by Gasteiger charge is 2.03. The third-order valence-electron chi connectivity index (χ3n) is 2.15.